The Labute approximate surface area is 337 Å². The zero-order chi connectivity index (χ0) is 40.6. The first-order valence-corrected chi connectivity index (χ1v) is 22.3. The summed E-state index contributed by atoms with van der Waals surface area (Å²) in [6, 6.07) is -2.04. The van der Waals surface area contributed by atoms with Crippen LogP contribution in [0.2, 0.25) is 0 Å². The highest BCUT2D eigenvalue weighted by Gasteiger charge is 2.30. The van der Waals surface area contributed by atoms with Crippen LogP contribution in [-0.2, 0) is 14.3 Å². The molecule has 0 aromatic heterocycles. The van der Waals surface area contributed by atoms with E-state index in [1.54, 1.807) is 0 Å². The molecule has 1 amide bonds. The molecule has 0 aliphatic rings. The normalized spacial score (nSPS) is 14.2. The molecule has 0 saturated heterocycles. The Hall–Kier alpha value is -2.91. The minimum Gasteiger partial charge on any atom is -0.461 e. The van der Waals surface area contributed by atoms with Crippen molar-refractivity contribution >= 4 is 17.8 Å². The lowest BCUT2D eigenvalue weighted by Gasteiger charge is -2.25. The highest BCUT2D eigenvalue weighted by Crippen LogP contribution is 2.18. The minimum absolute atomic E-state index is 0.0141. The number of unbranched alkanes of at least 4 members (excludes halogenated alkanes) is 17. The second-order valence-electron chi connectivity index (χ2n) is 15.2. The first-order chi connectivity index (χ1) is 26.7. The number of nitrogens with two attached hydrogens (primary N) is 3. The van der Waals surface area contributed by atoms with Gasteiger partial charge in [0.15, 0.2) is 12.0 Å². The first kappa shape index (κ1) is 52.1. The second kappa shape index (κ2) is 39.3. The average Bonchev–Trinajstić information content (AvgIpc) is 3.16. The van der Waals surface area contributed by atoms with Crippen molar-refractivity contribution in [2.24, 2.45) is 22.2 Å². The Kier molecular flexibility index (Phi) is 37.2. The summed E-state index contributed by atoms with van der Waals surface area (Å²) < 4.78 is 6.00. The number of carbonyl (C=O) groups is 2. The highest BCUT2D eigenvalue weighted by molar-refractivity contribution is 5.87. The summed E-state index contributed by atoms with van der Waals surface area (Å²) in [7, 11) is 0. The summed E-state index contributed by atoms with van der Waals surface area (Å²) in [5.41, 5.74) is 16.8. The highest BCUT2D eigenvalue weighted by atomic mass is 16.5. The van der Waals surface area contributed by atoms with Gasteiger partial charge in [0.2, 0.25) is 5.91 Å². The molecule has 0 heterocycles. The van der Waals surface area contributed by atoms with Crippen LogP contribution in [0.4, 0.5) is 0 Å². The number of nitrogens with one attached hydrogen (secondary N) is 1. The van der Waals surface area contributed by atoms with E-state index in [1.807, 2.05) is 0 Å². The number of hydrogen-bond acceptors (Lipinski definition) is 6. The van der Waals surface area contributed by atoms with Crippen LogP contribution >= 0.6 is 0 Å². The Morgan fingerprint density at radius 3 is 1.45 bits per heavy atom. The second-order valence-corrected chi connectivity index (χ2v) is 15.2. The SMILES string of the molecule is CCCCCC=CCC=CCCCCCCCCC(CCCCCCCC=CCC=CCCCCC)OC(=O)C(NC(=O)C(N)CCCN=C(N)N)C(C)O. The van der Waals surface area contributed by atoms with Crippen molar-refractivity contribution in [2.75, 3.05) is 6.54 Å². The van der Waals surface area contributed by atoms with Gasteiger partial charge in [-0.05, 0) is 110 Å². The Morgan fingerprint density at radius 2 is 1.04 bits per heavy atom. The molecule has 0 fully saturated rings. The molecule has 9 heteroatoms. The van der Waals surface area contributed by atoms with Crippen LogP contribution in [0, 0.1) is 0 Å². The van der Waals surface area contributed by atoms with E-state index in [9.17, 15) is 14.7 Å². The number of carbonyl (C=O) groups excluding carboxylic acids is 2. The summed E-state index contributed by atoms with van der Waals surface area (Å²) in [5.74, 6) is -1.13. The number of aliphatic imine (C=N–C) groups is 1. The molecule has 0 bridgehead atoms. The predicted molar refractivity (Wildman–Crippen MR) is 235 cm³/mol. The number of hydrogen-bond donors (Lipinski definition) is 5. The summed E-state index contributed by atoms with van der Waals surface area (Å²) in [6.07, 6.45) is 46.3. The lowest BCUT2D eigenvalue weighted by atomic mass is 10.0. The third-order valence-electron chi connectivity index (χ3n) is 9.82. The van der Waals surface area contributed by atoms with Gasteiger partial charge in [0.25, 0.3) is 0 Å². The zero-order valence-corrected chi connectivity index (χ0v) is 35.6. The maximum Gasteiger partial charge on any atom is 0.331 e. The van der Waals surface area contributed by atoms with Crippen molar-refractivity contribution in [3.8, 4) is 0 Å². The van der Waals surface area contributed by atoms with Gasteiger partial charge in [0.05, 0.1) is 12.1 Å². The average molecular weight is 772 g/mol. The maximum absolute atomic E-state index is 13.3. The molecule has 4 atom stereocenters. The van der Waals surface area contributed by atoms with Gasteiger partial charge in [-0.2, -0.15) is 0 Å². The van der Waals surface area contributed by atoms with E-state index >= 15 is 0 Å². The lowest BCUT2D eigenvalue weighted by Crippen LogP contribution is -2.53. The number of esters is 1. The van der Waals surface area contributed by atoms with Crippen molar-refractivity contribution in [3.05, 3.63) is 48.6 Å². The van der Waals surface area contributed by atoms with Crippen LogP contribution in [-0.4, -0.2) is 53.8 Å². The van der Waals surface area contributed by atoms with Crippen molar-refractivity contribution in [1.29, 1.82) is 0 Å². The molecule has 318 valence electrons. The molecule has 0 saturated carbocycles. The van der Waals surface area contributed by atoms with E-state index in [4.69, 9.17) is 21.9 Å². The van der Waals surface area contributed by atoms with Crippen molar-refractivity contribution in [2.45, 2.75) is 218 Å². The molecule has 55 heavy (non-hydrogen) atoms. The molecule has 0 aromatic carbocycles. The van der Waals surface area contributed by atoms with E-state index in [1.165, 1.54) is 96.8 Å². The molecule has 0 spiro atoms. The van der Waals surface area contributed by atoms with E-state index in [2.05, 4.69) is 72.8 Å². The fraction of sp³-hybridized carbons (Fsp3) is 0.761. The number of aliphatic hydroxyl groups excluding tert-OH is 1. The molecule has 0 aliphatic heterocycles. The Morgan fingerprint density at radius 1 is 0.618 bits per heavy atom. The van der Waals surface area contributed by atoms with E-state index in [0.29, 0.717) is 19.4 Å². The van der Waals surface area contributed by atoms with Crippen LogP contribution in [0.3, 0.4) is 0 Å². The molecule has 0 rings (SSSR count). The van der Waals surface area contributed by atoms with Crippen molar-refractivity contribution in [1.82, 2.24) is 5.32 Å². The minimum atomic E-state index is -1.18. The summed E-state index contributed by atoms with van der Waals surface area (Å²) in [6.45, 7) is 6.32. The fourth-order valence-electron chi connectivity index (χ4n) is 6.33. The number of nitrogens with zero attached hydrogens (tertiary/aromatic N) is 1. The van der Waals surface area contributed by atoms with E-state index in [0.717, 1.165) is 70.6 Å². The molecule has 0 aromatic rings. The summed E-state index contributed by atoms with van der Waals surface area (Å²) in [4.78, 5) is 30.0. The van der Waals surface area contributed by atoms with E-state index in [-0.39, 0.29) is 12.1 Å². The first-order valence-electron chi connectivity index (χ1n) is 22.3. The van der Waals surface area contributed by atoms with Crippen LogP contribution in [0.5, 0.6) is 0 Å². The van der Waals surface area contributed by atoms with Gasteiger partial charge < -0.3 is 32.4 Å². The molecule has 8 N–H and O–H groups in total. The van der Waals surface area contributed by atoms with Crippen LogP contribution in [0.15, 0.2) is 53.6 Å². The number of allylic oxidation sites excluding steroid dienone is 8. The maximum atomic E-state index is 13.3. The standard InChI is InChI=1S/C46H85N5O4/c1-4-6-8-10-12-14-16-18-20-22-24-26-28-30-32-34-37-41(36-33-31-29-27-25-23-21-19-17-15-13-11-9-7-5-2)55-45(54)43(40(3)52)51-44(53)42(47)38-35-39-50-46(48)49/h12-15,18-21,40-43,52H,4-11,16-17,22-39,47H2,1-3H3,(H,51,53)(H4,48,49,50). The Balaban J connectivity index is 4.75. The molecule has 0 radical (unpaired) electrons. The topological polar surface area (TPSA) is 166 Å². The fourth-order valence-corrected chi connectivity index (χ4v) is 6.33. The molecule has 9 nitrogen and oxygen atoms in total. The summed E-state index contributed by atoms with van der Waals surface area (Å²) in [5, 5.41) is 13.1. The van der Waals surface area contributed by atoms with Crippen molar-refractivity contribution < 1.29 is 19.4 Å². The number of ether oxygens (including phenoxy) is 1. The van der Waals surface area contributed by atoms with Crippen molar-refractivity contribution in [3.63, 3.8) is 0 Å². The molecule has 0 aliphatic carbocycles. The van der Waals surface area contributed by atoms with E-state index < -0.39 is 30.1 Å². The number of amides is 1. The van der Waals surface area contributed by atoms with Crippen LogP contribution < -0.4 is 22.5 Å². The van der Waals surface area contributed by atoms with Gasteiger partial charge >= 0.3 is 5.97 Å². The zero-order valence-electron chi connectivity index (χ0n) is 35.6. The van der Waals surface area contributed by atoms with Gasteiger partial charge in [0.1, 0.15) is 6.10 Å². The van der Waals surface area contributed by atoms with Crippen LogP contribution in [0.1, 0.15) is 194 Å². The quantitative estimate of drug-likeness (QED) is 0.0137. The van der Waals surface area contributed by atoms with Gasteiger partial charge in [-0.3, -0.25) is 9.79 Å². The van der Waals surface area contributed by atoms with Gasteiger partial charge in [-0.1, -0.05) is 133 Å². The van der Waals surface area contributed by atoms with Gasteiger partial charge in [-0.25, -0.2) is 4.79 Å². The summed E-state index contributed by atoms with van der Waals surface area (Å²) >= 11 is 0. The van der Waals surface area contributed by atoms with Crippen LogP contribution in [0.25, 0.3) is 0 Å². The number of rotatable bonds is 38. The lowest BCUT2D eigenvalue weighted by molar-refractivity contribution is -0.157. The molecular weight excluding hydrogens is 687 g/mol. The smallest absolute Gasteiger partial charge is 0.331 e. The third kappa shape index (κ3) is 35.3. The number of guanidine groups is 1. The number of aliphatic hydroxyl groups is 1. The Bertz CT molecular complexity index is 1050. The molecular formula is C46H85N5O4. The predicted octanol–water partition coefficient (Wildman–Crippen LogP) is 10.2. The largest absolute Gasteiger partial charge is 0.461 e. The molecule has 4 unspecified atom stereocenters. The van der Waals surface area contributed by atoms with Gasteiger partial charge in [-0.15, -0.1) is 0 Å². The monoisotopic (exact) mass is 772 g/mol. The third-order valence-corrected chi connectivity index (χ3v) is 9.82. The van der Waals surface area contributed by atoms with Gasteiger partial charge in [0, 0.05) is 6.54 Å².